The highest BCUT2D eigenvalue weighted by Gasteiger charge is 2.31. The first-order valence-electron chi connectivity index (χ1n) is 14.7. The summed E-state index contributed by atoms with van der Waals surface area (Å²) in [5.74, 6) is -0.0872. The van der Waals surface area contributed by atoms with E-state index < -0.39 is 29.6 Å². The zero-order chi connectivity index (χ0) is 29.8. The van der Waals surface area contributed by atoms with E-state index in [1.165, 1.54) is 0 Å². The number of carbonyl (C=O) groups is 3. The molecule has 0 bridgehead atoms. The maximum atomic E-state index is 13.5. The molecule has 0 radical (unpaired) electrons. The number of nitrogens with zero attached hydrogens (tertiary/aromatic N) is 2. The number of aromatic nitrogens is 1. The molecular weight excluding hydrogens is 520 g/mol. The van der Waals surface area contributed by atoms with Crippen LogP contribution in [0.2, 0.25) is 0 Å². The molecule has 1 aromatic heterocycles. The number of amides is 3. The monoisotopic (exact) mass is 566 g/mol. The van der Waals surface area contributed by atoms with Crippen molar-refractivity contribution in [2.45, 2.75) is 97.4 Å². The summed E-state index contributed by atoms with van der Waals surface area (Å²) in [6.45, 7) is 11.1. The molecule has 3 amide bonds. The maximum Gasteiger partial charge on any atom is 0.329 e. The van der Waals surface area contributed by atoms with E-state index in [0.29, 0.717) is 31.9 Å². The van der Waals surface area contributed by atoms with Gasteiger partial charge >= 0.3 is 12.0 Å². The van der Waals surface area contributed by atoms with E-state index >= 15 is 0 Å². The minimum Gasteiger partial charge on any atom is -0.487 e. The lowest BCUT2D eigenvalue weighted by molar-refractivity contribution is -0.158. The van der Waals surface area contributed by atoms with Crippen LogP contribution in [0.3, 0.4) is 0 Å². The molecular formula is C32H46N4O5. The maximum absolute atomic E-state index is 13.5. The van der Waals surface area contributed by atoms with Crippen molar-refractivity contribution in [3.8, 4) is 5.75 Å². The fourth-order valence-electron chi connectivity index (χ4n) is 4.65. The third-order valence-corrected chi connectivity index (χ3v) is 6.70. The van der Waals surface area contributed by atoms with Crippen molar-refractivity contribution in [1.29, 1.82) is 0 Å². The Kier molecular flexibility index (Phi) is 12.0. The summed E-state index contributed by atoms with van der Waals surface area (Å²) in [7, 11) is 0. The van der Waals surface area contributed by atoms with Gasteiger partial charge in [0, 0.05) is 25.7 Å². The van der Waals surface area contributed by atoms with Gasteiger partial charge in [-0.25, -0.2) is 9.59 Å². The Hall–Kier alpha value is -3.62. The van der Waals surface area contributed by atoms with Crippen LogP contribution in [-0.2, 0) is 27.4 Å². The normalized spacial score (nSPS) is 15.4. The molecule has 2 aromatic rings. The predicted molar refractivity (Wildman–Crippen MR) is 158 cm³/mol. The number of urea groups is 1. The van der Waals surface area contributed by atoms with Crippen molar-refractivity contribution in [2.24, 2.45) is 5.92 Å². The van der Waals surface area contributed by atoms with Gasteiger partial charge in [0.15, 0.2) is 0 Å². The number of nitrogens with one attached hydrogen (secondary N) is 2. The number of esters is 1. The van der Waals surface area contributed by atoms with Crippen LogP contribution in [0.1, 0.15) is 78.0 Å². The van der Waals surface area contributed by atoms with Gasteiger partial charge in [-0.15, -0.1) is 0 Å². The van der Waals surface area contributed by atoms with E-state index in [9.17, 15) is 14.4 Å². The summed E-state index contributed by atoms with van der Waals surface area (Å²) in [4.78, 5) is 45.8. The molecule has 41 heavy (non-hydrogen) atoms. The first-order chi connectivity index (χ1) is 19.5. The summed E-state index contributed by atoms with van der Waals surface area (Å²) in [5, 5.41) is 5.83. The van der Waals surface area contributed by atoms with Gasteiger partial charge in [-0.3, -0.25) is 9.78 Å². The lowest BCUT2D eigenvalue weighted by atomic mass is 10.0. The second kappa shape index (κ2) is 15.4. The third-order valence-electron chi connectivity index (χ3n) is 6.70. The van der Waals surface area contributed by atoms with E-state index in [1.54, 1.807) is 31.9 Å². The molecule has 9 nitrogen and oxygen atoms in total. The van der Waals surface area contributed by atoms with E-state index in [-0.39, 0.29) is 18.4 Å². The molecule has 0 saturated carbocycles. The van der Waals surface area contributed by atoms with Crippen LogP contribution < -0.4 is 15.4 Å². The van der Waals surface area contributed by atoms with Crippen LogP contribution in [-0.4, -0.2) is 58.6 Å². The Morgan fingerprint density at radius 2 is 1.61 bits per heavy atom. The van der Waals surface area contributed by atoms with Gasteiger partial charge in [0.2, 0.25) is 5.91 Å². The van der Waals surface area contributed by atoms with Crippen molar-refractivity contribution in [2.75, 3.05) is 13.1 Å². The molecule has 3 rings (SSSR count). The van der Waals surface area contributed by atoms with E-state index in [2.05, 4.69) is 15.6 Å². The fraction of sp³-hybridized carbons (Fsp3) is 0.562. The van der Waals surface area contributed by atoms with Gasteiger partial charge in [-0.1, -0.05) is 44.9 Å². The van der Waals surface area contributed by atoms with Crippen molar-refractivity contribution in [3.63, 3.8) is 0 Å². The summed E-state index contributed by atoms with van der Waals surface area (Å²) >= 11 is 0. The van der Waals surface area contributed by atoms with Crippen LogP contribution in [0.25, 0.3) is 0 Å². The van der Waals surface area contributed by atoms with E-state index in [1.807, 2.05) is 56.3 Å². The van der Waals surface area contributed by atoms with Crippen LogP contribution in [0, 0.1) is 5.92 Å². The highest BCUT2D eigenvalue weighted by Crippen LogP contribution is 2.17. The first kappa shape index (κ1) is 31.9. The zero-order valence-electron chi connectivity index (χ0n) is 25.2. The molecule has 2 heterocycles. The minimum atomic E-state index is -0.924. The average Bonchev–Trinajstić information content (AvgIpc) is 3.21. The van der Waals surface area contributed by atoms with E-state index in [4.69, 9.17) is 9.47 Å². The Bertz CT molecular complexity index is 1110. The van der Waals surface area contributed by atoms with Gasteiger partial charge in [0.05, 0.1) is 5.69 Å². The van der Waals surface area contributed by atoms with Crippen molar-refractivity contribution < 1.29 is 23.9 Å². The summed E-state index contributed by atoms with van der Waals surface area (Å²) in [5.41, 5.74) is 0.935. The second-order valence-electron chi connectivity index (χ2n) is 12.1. The number of pyridine rings is 1. The van der Waals surface area contributed by atoms with Crippen molar-refractivity contribution in [3.05, 3.63) is 59.9 Å². The zero-order valence-corrected chi connectivity index (χ0v) is 25.2. The first-order valence-corrected chi connectivity index (χ1v) is 14.7. The Labute approximate surface area is 244 Å². The van der Waals surface area contributed by atoms with Crippen molar-refractivity contribution in [1.82, 2.24) is 20.5 Å². The standard InChI is InChI=1S/C32H46N4O5/c1-23(2)20-27(35-31(39)36-18-10-6-7-11-19-36)29(37)34-28(30(38)41-32(3,4)5)21-24-13-15-26(16-14-24)40-22-25-12-8-9-17-33-25/h8-9,12-17,23,27-28H,6-7,10-11,18-22H2,1-5H3,(H,34,37)(H,35,39). The number of hydrogen-bond acceptors (Lipinski definition) is 6. The highest BCUT2D eigenvalue weighted by molar-refractivity contribution is 5.90. The van der Waals surface area contributed by atoms with Gasteiger partial charge in [-0.05, 0) is 75.8 Å². The largest absolute Gasteiger partial charge is 0.487 e. The molecule has 0 aliphatic carbocycles. The third kappa shape index (κ3) is 11.4. The summed E-state index contributed by atoms with van der Waals surface area (Å²) in [6, 6.07) is 11.1. The lowest BCUT2D eigenvalue weighted by Crippen LogP contribution is -2.55. The van der Waals surface area contributed by atoms with Crippen LogP contribution in [0.15, 0.2) is 48.7 Å². The SMILES string of the molecule is CC(C)CC(NC(=O)N1CCCCCC1)C(=O)NC(Cc1ccc(OCc2ccccn2)cc1)C(=O)OC(C)(C)C. The van der Waals surface area contributed by atoms with E-state index in [0.717, 1.165) is 36.9 Å². The Morgan fingerprint density at radius 1 is 0.927 bits per heavy atom. The van der Waals surface area contributed by atoms with Crippen LogP contribution in [0.4, 0.5) is 4.79 Å². The molecule has 2 N–H and O–H groups in total. The number of ether oxygens (including phenoxy) is 2. The molecule has 2 unspecified atom stereocenters. The lowest BCUT2D eigenvalue weighted by Gasteiger charge is -2.28. The summed E-state index contributed by atoms with van der Waals surface area (Å²) < 4.78 is 11.5. The second-order valence-corrected chi connectivity index (χ2v) is 12.1. The van der Waals surface area contributed by atoms with Gasteiger partial charge in [-0.2, -0.15) is 0 Å². The van der Waals surface area contributed by atoms with Crippen LogP contribution >= 0.6 is 0 Å². The number of rotatable bonds is 11. The molecule has 1 aliphatic rings. The topological polar surface area (TPSA) is 110 Å². The number of carbonyl (C=O) groups excluding carboxylic acids is 3. The highest BCUT2D eigenvalue weighted by atomic mass is 16.6. The Morgan fingerprint density at radius 3 is 2.20 bits per heavy atom. The van der Waals surface area contributed by atoms with Crippen LogP contribution in [0.5, 0.6) is 5.75 Å². The molecule has 224 valence electrons. The molecule has 1 fully saturated rings. The average molecular weight is 567 g/mol. The van der Waals surface area contributed by atoms with Gasteiger partial charge in [0.25, 0.3) is 0 Å². The minimum absolute atomic E-state index is 0.161. The number of benzene rings is 1. The number of hydrogen-bond donors (Lipinski definition) is 2. The smallest absolute Gasteiger partial charge is 0.329 e. The Balaban J connectivity index is 1.70. The molecule has 1 aliphatic heterocycles. The van der Waals surface area contributed by atoms with Gasteiger partial charge < -0.3 is 25.0 Å². The molecule has 0 spiro atoms. The summed E-state index contributed by atoms with van der Waals surface area (Å²) in [6.07, 6.45) is 6.54. The quantitative estimate of drug-likeness (QED) is 0.369. The predicted octanol–water partition coefficient (Wildman–Crippen LogP) is 5.03. The molecule has 1 aromatic carbocycles. The molecule has 9 heteroatoms. The molecule has 1 saturated heterocycles. The molecule has 2 atom stereocenters. The van der Waals surface area contributed by atoms with Gasteiger partial charge in [0.1, 0.15) is 30.0 Å². The number of likely N-dealkylation sites (tertiary alicyclic amines) is 1. The fourth-order valence-corrected chi connectivity index (χ4v) is 4.65. The van der Waals surface area contributed by atoms with Crippen molar-refractivity contribution >= 4 is 17.9 Å².